The molecule has 100 valence electrons. The second-order valence-electron chi connectivity index (χ2n) is 4.24. The van der Waals surface area contributed by atoms with E-state index in [4.69, 9.17) is 17.3 Å². The molecule has 1 nitrogen and oxygen atoms in total. The van der Waals surface area contributed by atoms with E-state index < -0.39 is 17.7 Å². The van der Waals surface area contributed by atoms with Gasteiger partial charge in [0.2, 0.25) is 0 Å². The monoisotopic (exact) mass is 345 g/mol. The highest BCUT2D eigenvalue weighted by molar-refractivity contribution is 9.10. The van der Waals surface area contributed by atoms with Crippen molar-refractivity contribution in [1.82, 2.24) is 0 Å². The van der Waals surface area contributed by atoms with Crippen LogP contribution in [0.5, 0.6) is 0 Å². The first-order chi connectivity index (χ1) is 8.91. The molecule has 2 rings (SSSR count). The molecule has 0 bridgehead atoms. The van der Waals surface area contributed by atoms with Crippen LogP contribution in [0, 0.1) is 18.6 Å². The SMILES string of the molecule is Cc1cc(C(N)c2c(F)ccc(Br)c2F)ccc1Cl. The van der Waals surface area contributed by atoms with Gasteiger partial charge in [-0.05, 0) is 52.2 Å². The van der Waals surface area contributed by atoms with Crippen LogP contribution in [-0.2, 0) is 0 Å². The molecule has 0 saturated carbocycles. The van der Waals surface area contributed by atoms with E-state index in [2.05, 4.69) is 15.9 Å². The van der Waals surface area contributed by atoms with Gasteiger partial charge in [0.05, 0.1) is 10.5 Å². The van der Waals surface area contributed by atoms with Crippen molar-refractivity contribution in [2.45, 2.75) is 13.0 Å². The molecule has 0 saturated heterocycles. The van der Waals surface area contributed by atoms with Crippen molar-refractivity contribution >= 4 is 27.5 Å². The van der Waals surface area contributed by atoms with Crippen molar-refractivity contribution in [3.63, 3.8) is 0 Å². The van der Waals surface area contributed by atoms with Gasteiger partial charge >= 0.3 is 0 Å². The standard InChI is InChI=1S/C14H11BrClF2N/c1-7-6-8(2-4-10(7)16)14(19)12-11(17)5-3-9(15)13(12)18/h2-6,14H,19H2,1H3. The molecule has 1 atom stereocenters. The van der Waals surface area contributed by atoms with Crippen LogP contribution < -0.4 is 5.73 Å². The average molecular weight is 347 g/mol. The average Bonchev–Trinajstić information content (AvgIpc) is 2.37. The van der Waals surface area contributed by atoms with Gasteiger partial charge in [0.25, 0.3) is 0 Å². The molecule has 19 heavy (non-hydrogen) atoms. The Kier molecular flexibility index (Phi) is 4.23. The molecule has 2 aromatic rings. The highest BCUT2D eigenvalue weighted by Gasteiger charge is 2.20. The number of hydrogen-bond acceptors (Lipinski definition) is 1. The quantitative estimate of drug-likeness (QED) is 0.781. The fourth-order valence-corrected chi connectivity index (χ4v) is 2.32. The van der Waals surface area contributed by atoms with Crippen molar-refractivity contribution in [1.29, 1.82) is 0 Å². The molecule has 0 spiro atoms. The first-order valence-corrected chi connectivity index (χ1v) is 6.74. The molecule has 0 aliphatic carbocycles. The maximum absolute atomic E-state index is 14.0. The van der Waals surface area contributed by atoms with Gasteiger partial charge in [-0.25, -0.2) is 8.78 Å². The number of rotatable bonds is 2. The molecule has 2 N–H and O–H groups in total. The first-order valence-electron chi connectivity index (χ1n) is 5.57. The smallest absolute Gasteiger partial charge is 0.145 e. The van der Waals surface area contributed by atoms with Crippen LogP contribution in [0.3, 0.4) is 0 Å². The summed E-state index contributed by atoms with van der Waals surface area (Å²) in [6.07, 6.45) is 0. The Hall–Kier alpha value is -0.970. The first kappa shape index (κ1) is 14.4. The molecular weight excluding hydrogens is 336 g/mol. The number of aryl methyl sites for hydroxylation is 1. The lowest BCUT2D eigenvalue weighted by molar-refractivity contribution is 0.539. The predicted molar refractivity (Wildman–Crippen MR) is 76.3 cm³/mol. The highest BCUT2D eigenvalue weighted by Crippen LogP contribution is 2.30. The van der Waals surface area contributed by atoms with Crippen LogP contribution >= 0.6 is 27.5 Å². The van der Waals surface area contributed by atoms with Crippen molar-refractivity contribution in [2.24, 2.45) is 5.73 Å². The molecule has 5 heteroatoms. The van der Waals surface area contributed by atoms with Gasteiger partial charge in [0.15, 0.2) is 0 Å². The van der Waals surface area contributed by atoms with E-state index in [-0.39, 0.29) is 10.0 Å². The molecule has 0 heterocycles. The number of benzene rings is 2. The van der Waals surface area contributed by atoms with Crippen molar-refractivity contribution < 1.29 is 8.78 Å². The lowest BCUT2D eigenvalue weighted by Gasteiger charge is -2.16. The Labute approximate surface area is 123 Å². The Balaban J connectivity index is 2.52. The van der Waals surface area contributed by atoms with Gasteiger partial charge in [-0.15, -0.1) is 0 Å². The molecule has 1 unspecified atom stereocenters. The maximum atomic E-state index is 14.0. The third-order valence-corrected chi connectivity index (χ3v) is 3.97. The number of nitrogens with two attached hydrogens (primary N) is 1. The highest BCUT2D eigenvalue weighted by atomic mass is 79.9. The van der Waals surface area contributed by atoms with E-state index in [0.29, 0.717) is 10.6 Å². The molecule has 0 radical (unpaired) electrons. The number of halogens is 4. The molecule has 0 aromatic heterocycles. The third kappa shape index (κ3) is 2.81. The summed E-state index contributed by atoms with van der Waals surface area (Å²) in [5.74, 6) is -1.35. The Morgan fingerprint density at radius 3 is 2.53 bits per heavy atom. The molecule has 0 fully saturated rings. The molecule has 0 amide bonds. The molecule has 0 aliphatic heterocycles. The summed E-state index contributed by atoms with van der Waals surface area (Å²) in [5.41, 5.74) is 7.23. The summed E-state index contributed by atoms with van der Waals surface area (Å²) in [7, 11) is 0. The molecule has 2 aromatic carbocycles. The van der Waals surface area contributed by atoms with Crippen LogP contribution in [0.25, 0.3) is 0 Å². The minimum Gasteiger partial charge on any atom is -0.320 e. The minimum atomic E-state index is -0.881. The summed E-state index contributed by atoms with van der Waals surface area (Å²) in [4.78, 5) is 0. The summed E-state index contributed by atoms with van der Waals surface area (Å²) in [6.45, 7) is 1.81. The van der Waals surface area contributed by atoms with E-state index in [9.17, 15) is 8.78 Å². The van der Waals surface area contributed by atoms with Crippen LogP contribution in [0.15, 0.2) is 34.8 Å². The lowest BCUT2D eigenvalue weighted by Crippen LogP contribution is -2.16. The van der Waals surface area contributed by atoms with E-state index in [1.807, 2.05) is 6.92 Å². The topological polar surface area (TPSA) is 26.0 Å². The summed E-state index contributed by atoms with van der Waals surface area (Å²) >= 11 is 8.95. The van der Waals surface area contributed by atoms with Gasteiger partial charge in [-0.2, -0.15) is 0 Å². The Morgan fingerprint density at radius 1 is 1.21 bits per heavy atom. The summed E-state index contributed by atoms with van der Waals surface area (Å²) in [5, 5.41) is 0.589. The molecular formula is C14H11BrClF2N. The van der Waals surface area contributed by atoms with Crippen molar-refractivity contribution in [3.05, 3.63) is 68.2 Å². The zero-order chi connectivity index (χ0) is 14.2. The second kappa shape index (κ2) is 5.57. The Bertz CT molecular complexity index is 631. The van der Waals surface area contributed by atoms with E-state index >= 15 is 0 Å². The summed E-state index contributed by atoms with van der Waals surface area (Å²) in [6, 6.07) is 6.68. The van der Waals surface area contributed by atoms with Crippen LogP contribution in [-0.4, -0.2) is 0 Å². The van der Waals surface area contributed by atoms with Gasteiger partial charge in [0.1, 0.15) is 11.6 Å². The zero-order valence-electron chi connectivity index (χ0n) is 10.1. The predicted octanol–water partition coefficient (Wildman–Crippen LogP) is 4.74. The number of hydrogen-bond donors (Lipinski definition) is 1. The lowest BCUT2D eigenvalue weighted by atomic mass is 9.97. The van der Waals surface area contributed by atoms with Gasteiger partial charge in [0, 0.05) is 10.6 Å². The van der Waals surface area contributed by atoms with Gasteiger partial charge < -0.3 is 5.73 Å². The van der Waals surface area contributed by atoms with Crippen LogP contribution in [0.4, 0.5) is 8.78 Å². The second-order valence-corrected chi connectivity index (χ2v) is 5.50. The van der Waals surface area contributed by atoms with Gasteiger partial charge in [-0.1, -0.05) is 23.7 Å². The minimum absolute atomic E-state index is 0.156. The fourth-order valence-electron chi connectivity index (χ4n) is 1.86. The van der Waals surface area contributed by atoms with E-state index in [1.54, 1.807) is 18.2 Å². The third-order valence-electron chi connectivity index (χ3n) is 2.93. The van der Waals surface area contributed by atoms with Crippen LogP contribution in [0.1, 0.15) is 22.7 Å². The zero-order valence-corrected chi connectivity index (χ0v) is 12.4. The van der Waals surface area contributed by atoms with Crippen LogP contribution in [0.2, 0.25) is 5.02 Å². The van der Waals surface area contributed by atoms with E-state index in [1.165, 1.54) is 12.1 Å². The normalized spacial score (nSPS) is 12.5. The maximum Gasteiger partial charge on any atom is 0.145 e. The largest absolute Gasteiger partial charge is 0.320 e. The van der Waals surface area contributed by atoms with Gasteiger partial charge in [-0.3, -0.25) is 0 Å². The van der Waals surface area contributed by atoms with E-state index in [0.717, 1.165) is 5.56 Å². The van der Waals surface area contributed by atoms with Crippen molar-refractivity contribution in [3.8, 4) is 0 Å². The molecule has 0 aliphatic rings. The Morgan fingerprint density at radius 2 is 1.89 bits per heavy atom. The van der Waals surface area contributed by atoms with Crippen molar-refractivity contribution in [2.75, 3.05) is 0 Å². The fraction of sp³-hybridized carbons (Fsp3) is 0.143. The summed E-state index contributed by atoms with van der Waals surface area (Å²) < 4.78 is 28.0.